The van der Waals surface area contributed by atoms with E-state index in [-0.39, 0.29) is 11.3 Å². The fraction of sp³-hybridized carbons (Fsp3) is 0.238. The van der Waals surface area contributed by atoms with Crippen molar-refractivity contribution in [3.8, 4) is 0 Å². The highest BCUT2D eigenvalue weighted by molar-refractivity contribution is 6.07. The van der Waals surface area contributed by atoms with Crippen molar-refractivity contribution in [1.29, 1.82) is 0 Å². The van der Waals surface area contributed by atoms with Crippen molar-refractivity contribution in [3.05, 3.63) is 64.4 Å². The Labute approximate surface area is 164 Å². The van der Waals surface area contributed by atoms with Gasteiger partial charge < -0.3 is 15.1 Å². The van der Waals surface area contributed by atoms with E-state index in [1.807, 2.05) is 30.4 Å². The van der Waals surface area contributed by atoms with Gasteiger partial charge in [0, 0.05) is 22.2 Å². The second kappa shape index (κ2) is 7.62. The maximum Gasteiger partial charge on any atom is 0.405 e. The lowest BCUT2D eigenvalue weighted by molar-refractivity contribution is -0.123. The number of para-hydroxylation sites is 1. The summed E-state index contributed by atoms with van der Waals surface area (Å²) in [5.74, 6) is -1.25. The summed E-state index contributed by atoms with van der Waals surface area (Å²) in [6, 6.07) is 9.88. The van der Waals surface area contributed by atoms with E-state index in [9.17, 15) is 22.8 Å². The highest BCUT2D eigenvalue weighted by atomic mass is 19.4. The molecule has 29 heavy (non-hydrogen) atoms. The number of rotatable bonds is 4. The van der Waals surface area contributed by atoms with Crippen LogP contribution in [0.1, 0.15) is 37.6 Å². The Morgan fingerprint density at radius 3 is 2.38 bits per heavy atom. The van der Waals surface area contributed by atoms with Crippen molar-refractivity contribution in [1.82, 2.24) is 5.32 Å². The largest absolute Gasteiger partial charge is 0.450 e. The van der Waals surface area contributed by atoms with E-state index in [0.717, 1.165) is 10.9 Å². The van der Waals surface area contributed by atoms with Crippen molar-refractivity contribution in [2.24, 2.45) is 0 Å². The van der Waals surface area contributed by atoms with Crippen LogP contribution in [0.5, 0.6) is 0 Å². The average Bonchev–Trinajstić information content (AvgIpc) is 2.99. The van der Waals surface area contributed by atoms with E-state index in [4.69, 9.17) is 4.42 Å². The van der Waals surface area contributed by atoms with Crippen molar-refractivity contribution in [3.63, 3.8) is 0 Å². The van der Waals surface area contributed by atoms with Gasteiger partial charge in [0.1, 0.15) is 12.1 Å². The number of furan rings is 1. The smallest absolute Gasteiger partial charge is 0.405 e. The van der Waals surface area contributed by atoms with Gasteiger partial charge in [0.25, 0.3) is 11.8 Å². The highest BCUT2D eigenvalue weighted by Crippen LogP contribution is 2.28. The number of amides is 2. The molecule has 0 aliphatic heterocycles. The quantitative estimate of drug-likeness (QED) is 0.650. The van der Waals surface area contributed by atoms with Crippen LogP contribution >= 0.6 is 0 Å². The van der Waals surface area contributed by atoms with E-state index in [1.54, 1.807) is 19.9 Å². The Morgan fingerprint density at radius 2 is 1.72 bits per heavy atom. The fourth-order valence-electron chi connectivity index (χ4n) is 2.96. The zero-order valence-corrected chi connectivity index (χ0v) is 16.0. The van der Waals surface area contributed by atoms with Gasteiger partial charge in [-0.05, 0) is 44.0 Å². The average molecular weight is 404 g/mol. The maximum absolute atomic E-state index is 12.8. The topological polar surface area (TPSA) is 71.3 Å². The normalized spacial score (nSPS) is 11.5. The SMILES string of the molecule is Cc1ccc(C(=O)NCC(F)(F)F)cc1NC(=O)c1oc2c(C)cccc2c1C. The number of carbonyl (C=O) groups excluding carboxylic acids is 2. The summed E-state index contributed by atoms with van der Waals surface area (Å²) >= 11 is 0. The van der Waals surface area contributed by atoms with Crippen LogP contribution in [0.4, 0.5) is 18.9 Å². The third-order valence-electron chi connectivity index (χ3n) is 4.56. The molecule has 0 atom stereocenters. The molecule has 0 radical (unpaired) electrons. The van der Waals surface area contributed by atoms with E-state index in [1.165, 1.54) is 12.1 Å². The number of hydrogen-bond acceptors (Lipinski definition) is 3. The van der Waals surface area contributed by atoms with Crippen LogP contribution in [-0.4, -0.2) is 24.5 Å². The Morgan fingerprint density at radius 1 is 1.00 bits per heavy atom. The lowest BCUT2D eigenvalue weighted by Crippen LogP contribution is -2.33. The maximum atomic E-state index is 12.8. The summed E-state index contributed by atoms with van der Waals surface area (Å²) in [7, 11) is 0. The molecule has 0 fully saturated rings. The first kappa shape index (κ1) is 20.4. The number of anilines is 1. The number of alkyl halides is 3. The zero-order valence-electron chi connectivity index (χ0n) is 16.0. The Bertz CT molecular complexity index is 1100. The number of nitrogens with one attached hydrogen (secondary N) is 2. The minimum atomic E-state index is -4.51. The van der Waals surface area contributed by atoms with Crippen molar-refractivity contribution in [2.75, 3.05) is 11.9 Å². The number of aryl methyl sites for hydroxylation is 3. The summed E-state index contributed by atoms with van der Waals surface area (Å²) in [5.41, 5.74) is 3.16. The summed E-state index contributed by atoms with van der Waals surface area (Å²) in [6.07, 6.45) is -4.51. The first-order valence-electron chi connectivity index (χ1n) is 8.82. The number of fused-ring (bicyclic) bond motifs is 1. The minimum absolute atomic E-state index is 0.00678. The molecule has 2 aromatic carbocycles. The minimum Gasteiger partial charge on any atom is -0.450 e. The molecule has 3 rings (SSSR count). The van der Waals surface area contributed by atoms with E-state index in [0.29, 0.717) is 22.4 Å². The second-order valence-electron chi connectivity index (χ2n) is 6.79. The van der Waals surface area contributed by atoms with Gasteiger partial charge in [-0.15, -0.1) is 0 Å². The van der Waals surface area contributed by atoms with Crippen LogP contribution in [0.25, 0.3) is 11.0 Å². The molecule has 0 saturated heterocycles. The Hall–Kier alpha value is -3.29. The van der Waals surface area contributed by atoms with Gasteiger partial charge in [0.05, 0.1) is 0 Å². The molecule has 0 saturated carbocycles. The number of benzene rings is 2. The molecule has 0 bridgehead atoms. The molecular weight excluding hydrogens is 385 g/mol. The Balaban J connectivity index is 1.85. The molecule has 1 heterocycles. The molecule has 0 aliphatic rings. The van der Waals surface area contributed by atoms with Gasteiger partial charge in [0.15, 0.2) is 5.76 Å². The summed E-state index contributed by atoms with van der Waals surface area (Å²) < 4.78 is 42.7. The van der Waals surface area contributed by atoms with Gasteiger partial charge in [-0.2, -0.15) is 13.2 Å². The second-order valence-corrected chi connectivity index (χ2v) is 6.79. The molecule has 2 N–H and O–H groups in total. The molecule has 2 amide bonds. The van der Waals surface area contributed by atoms with Gasteiger partial charge in [0.2, 0.25) is 0 Å². The summed E-state index contributed by atoms with van der Waals surface area (Å²) in [5, 5.41) is 5.32. The predicted octanol–water partition coefficient (Wildman–Crippen LogP) is 4.90. The lowest BCUT2D eigenvalue weighted by atomic mass is 10.1. The van der Waals surface area contributed by atoms with Gasteiger partial charge in [-0.3, -0.25) is 9.59 Å². The summed E-state index contributed by atoms with van der Waals surface area (Å²) in [6.45, 7) is 3.93. The standard InChI is InChI=1S/C21H19F3N2O3/c1-11-7-8-14(19(27)25-10-21(22,23)24)9-16(11)26-20(28)18-13(3)15-6-4-5-12(2)17(15)29-18/h4-9H,10H2,1-3H3,(H,25,27)(H,26,28). The zero-order chi connectivity index (χ0) is 21.3. The summed E-state index contributed by atoms with van der Waals surface area (Å²) in [4.78, 5) is 24.7. The lowest BCUT2D eigenvalue weighted by Gasteiger charge is -2.11. The molecule has 5 nitrogen and oxygen atoms in total. The number of hydrogen-bond donors (Lipinski definition) is 2. The van der Waals surface area contributed by atoms with Crippen molar-refractivity contribution in [2.45, 2.75) is 26.9 Å². The molecule has 152 valence electrons. The third kappa shape index (κ3) is 4.42. The molecule has 0 unspecified atom stereocenters. The van der Waals surface area contributed by atoms with Gasteiger partial charge in [-0.1, -0.05) is 24.3 Å². The van der Waals surface area contributed by atoms with Crippen LogP contribution in [0.2, 0.25) is 0 Å². The molecular formula is C21H19F3N2O3. The van der Waals surface area contributed by atoms with Gasteiger partial charge >= 0.3 is 6.18 Å². The molecule has 1 aromatic heterocycles. The first-order valence-corrected chi connectivity index (χ1v) is 8.82. The number of halogens is 3. The predicted molar refractivity (Wildman–Crippen MR) is 103 cm³/mol. The molecule has 8 heteroatoms. The molecule has 0 aliphatic carbocycles. The Kier molecular flexibility index (Phi) is 5.37. The van der Waals surface area contributed by atoms with Gasteiger partial charge in [-0.25, -0.2) is 0 Å². The van der Waals surface area contributed by atoms with Crippen LogP contribution in [0, 0.1) is 20.8 Å². The van der Waals surface area contributed by atoms with Crippen molar-refractivity contribution >= 4 is 28.5 Å². The van der Waals surface area contributed by atoms with E-state index < -0.39 is 24.5 Å². The van der Waals surface area contributed by atoms with Crippen molar-refractivity contribution < 1.29 is 27.2 Å². The van der Waals surface area contributed by atoms with Crippen LogP contribution in [-0.2, 0) is 0 Å². The van der Waals surface area contributed by atoms with Crippen LogP contribution in [0.3, 0.4) is 0 Å². The molecule has 0 spiro atoms. The van der Waals surface area contributed by atoms with Crippen LogP contribution in [0.15, 0.2) is 40.8 Å². The van der Waals surface area contributed by atoms with E-state index in [2.05, 4.69) is 5.32 Å². The van der Waals surface area contributed by atoms with E-state index >= 15 is 0 Å². The molecule has 3 aromatic rings. The monoisotopic (exact) mass is 404 g/mol. The fourth-order valence-corrected chi connectivity index (χ4v) is 2.96. The third-order valence-corrected chi connectivity index (χ3v) is 4.56. The highest BCUT2D eigenvalue weighted by Gasteiger charge is 2.28. The number of carbonyl (C=O) groups is 2. The first-order chi connectivity index (χ1) is 13.6. The van der Waals surface area contributed by atoms with Crippen LogP contribution < -0.4 is 10.6 Å².